The molecule has 0 spiro atoms. The van der Waals surface area contributed by atoms with E-state index in [1.165, 1.54) is 18.2 Å². The number of carbonyl (C=O) groups is 1. The van der Waals surface area contributed by atoms with Gasteiger partial charge >= 0.3 is 5.97 Å². The summed E-state index contributed by atoms with van der Waals surface area (Å²) in [7, 11) is -3.94. The Morgan fingerprint density at radius 3 is 2.50 bits per heavy atom. The maximum absolute atomic E-state index is 13.1. The summed E-state index contributed by atoms with van der Waals surface area (Å²) in [4.78, 5) is 12.4. The molecule has 3 aromatic rings. The van der Waals surface area contributed by atoms with Crippen LogP contribution in [0.1, 0.15) is 17.4 Å². The van der Waals surface area contributed by atoms with E-state index >= 15 is 0 Å². The molecule has 0 aliphatic rings. The van der Waals surface area contributed by atoms with Crippen LogP contribution in [0.25, 0.3) is 10.9 Å². The average molecular weight is 408 g/mol. The topological polar surface area (TPSA) is 65.4 Å². The van der Waals surface area contributed by atoms with Gasteiger partial charge in [-0.05, 0) is 37.3 Å². The largest absolute Gasteiger partial charge is 0.461 e. The maximum Gasteiger partial charge on any atom is 0.356 e. The molecule has 0 N–H and O–H groups in total. The van der Waals surface area contributed by atoms with E-state index in [1.807, 2.05) is 0 Å². The van der Waals surface area contributed by atoms with Gasteiger partial charge < -0.3 is 4.74 Å². The summed E-state index contributed by atoms with van der Waals surface area (Å²) in [6, 6.07) is 14.7. The van der Waals surface area contributed by atoms with Gasteiger partial charge in [0.05, 0.1) is 17.0 Å². The van der Waals surface area contributed by atoms with Crippen LogP contribution in [0.5, 0.6) is 0 Å². The Hall–Kier alpha value is -2.12. The van der Waals surface area contributed by atoms with Crippen molar-refractivity contribution in [3.8, 4) is 0 Å². The molecule has 24 heavy (non-hydrogen) atoms. The van der Waals surface area contributed by atoms with Gasteiger partial charge in [-0.3, -0.25) is 0 Å². The molecular weight excluding hydrogens is 394 g/mol. The van der Waals surface area contributed by atoms with Gasteiger partial charge in [-0.25, -0.2) is 17.2 Å². The summed E-state index contributed by atoms with van der Waals surface area (Å²) in [6.07, 6.45) is 0. The van der Waals surface area contributed by atoms with E-state index in [0.717, 1.165) is 3.97 Å². The van der Waals surface area contributed by atoms with Gasteiger partial charge in [-0.15, -0.1) is 0 Å². The van der Waals surface area contributed by atoms with Crippen LogP contribution in [0.2, 0.25) is 0 Å². The molecule has 0 radical (unpaired) electrons. The maximum atomic E-state index is 13.1. The number of hydrogen-bond acceptors (Lipinski definition) is 4. The number of hydrogen-bond donors (Lipinski definition) is 0. The van der Waals surface area contributed by atoms with E-state index in [4.69, 9.17) is 4.74 Å². The Morgan fingerprint density at radius 2 is 1.83 bits per heavy atom. The van der Waals surface area contributed by atoms with Crippen molar-refractivity contribution in [3.63, 3.8) is 0 Å². The highest BCUT2D eigenvalue weighted by Gasteiger charge is 2.27. The second kappa shape index (κ2) is 6.41. The van der Waals surface area contributed by atoms with Gasteiger partial charge in [-0.1, -0.05) is 40.2 Å². The molecule has 0 saturated carbocycles. The summed E-state index contributed by atoms with van der Waals surface area (Å²) in [5.41, 5.74) is 0.394. The number of aromatic nitrogens is 1. The predicted molar refractivity (Wildman–Crippen MR) is 94.6 cm³/mol. The lowest BCUT2D eigenvalue weighted by Gasteiger charge is -2.11. The molecule has 0 fully saturated rings. The van der Waals surface area contributed by atoms with E-state index in [1.54, 1.807) is 43.3 Å². The number of esters is 1. The highest BCUT2D eigenvalue weighted by Crippen LogP contribution is 2.28. The fraction of sp³-hybridized carbons (Fsp3) is 0.118. The fourth-order valence-electron chi connectivity index (χ4n) is 2.45. The van der Waals surface area contributed by atoms with E-state index in [0.29, 0.717) is 15.4 Å². The molecule has 5 nitrogen and oxygen atoms in total. The lowest BCUT2D eigenvalue weighted by Crippen LogP contribution is -2.19. The van der Waals surface area contributed by atoms with Crippen molar-refractivity contribution in [2.45, 2.75) is 11.8 Å². The van der Waals surface area contributed by atoms with Crippen molar-refractivity contribution in [2.75, 3.05) is 6.61 Å². The Kier molecular flexibility index (Phi) is 4.47. The van der Waals surface area contributed by atoms with Crippen molar-refractivity contribution < 1.29 is 17.9 Å². The molecule has 3 rings (SSSR count). The summed E-state index contributed by atoms with van der Waals surface area (Å²) in [6.45, 7) is 1.84. The van der Waals surface area contributed by atoms with Gasteiger partial charge in [0.2, 0.25) is 0 Å². The Labute approximate surface area is 148 Å². The zero-order valence-electron chi connectivity index (χ0n) is 12.8. The third-order valence-corrected chi connectivity index (χ3v) is 5.72. The lowest BCUT2D eigenvalue weighted by molar-refractivity contribution is 0.0518. The number of fused-ring (bicyclic) bond motifs is 1. The number of ether oxygens (including phenoxy) is 1. The van der Waals surface area contributed by atoms with E-state index in [-0.39, 0.29) is 17.2 Å². The third-order valence-electron chi connectivity index (χ3n) is 3.49. The molecule has 2 aromatic carbocycles. The summed E-state index contributed by atoms with van der Waals surface area (Å²) < 4.78 is 33.0. The normalized spacial score (nSPS) is 11.6. The van der Waals surface area contributed by atoms with E-state index < -0.39 is 16.0 Å². The van der Waals surface area contributed by atoms with Crippen molar-refractivity contribution >= 4 is 42.8 Å². The van der Waals surface area contributed by atoms with Crippen molar-refractivity contribution in [2.24, 2.45) is 0 Å². The number of nitrogens with zero attached hydrogens (tertiary/aromatic N) is 1. The second-order valence-corrected chi connectivity index (χ2v) is 7.74. The molecule has 0 atom stereocenters. The van der Waals surface area contributed by atoms with Crippen LogP contribution in [0.15, 0.2) is 64.0 Å². The lowest BCUT2D eigenvalue weighted by atomic mass is 10.2. The van der Waals surface area contributed by atoms with Crippen molar-refractivity contribution in [1.82, 2.24) is 3.97 Å². The van der Waals surface area contributed by atoms with Crippen LogP contribution in [0.4, 0.5) is 0 Å². The van der Waals surface area contributed by atoms with Gasteiger partial charge in [0.15, 0.2) is 0 Å². The van der Waals surface area contributed by atoms with Crippen LogP contribution in [-0.2, 0) is 14.8 Å². The van der Waals surface area contributed by atoms with Crippen LogP contribution in [0, 0.1) is 0 Å². The quantitative estimate of drug-likeness (QED) is 0.616. The molecule has 7 heteroatoms. The first-order valence-corrected chi connectivity index (χ1v) is 9.47. The SMILES string of the molecule is CCOC(=O)c1cc2ccc(Br)cc2n1S(=O)(=O)c1ccccc1. The highest BCUT2D eigenvalue weighted by atomic mass is 79.9. The van der Waals surface area contributed by atoms with Gasteiger partial charge in [0.1, 0.15) is 5.69 Å². The van der Waals surface area contributed by atoms with E-state index in [2.05, 4.69) is 15.9 Å². The van der Waals surface area contributed by atoms with Crippen LogP contribution in [-0.4, -0.2) is 25.0 Å². The number of rotatable bonds is 4. The molecule has 0 amide bonds. The number of carbonyl (C=O) groups excluding carboxylic acids is 1. The zero-order valence-corrected chi connectivity index (χ0v) is 15.2. The van der Waals surface area contributed by atoms with Crippen molar-refractivity contribution in [3.05, 3.63) is 64.8 Å². The molecule has 0 saturated heterocycles. The first-order chi connectivity index (χ1) is 11.4. The number of halogens is 1. The van der Waals surface area contributed by atoms with Crippen molar-refractivity contribution in [1.29, 1.82) is 0 Å². The molecular formula is C17H14BrNO4S. The molecule has 0 unspecified atom stereocenters. The Bertz CT molecular complexity index is 1010. The summed E-state index contributed by atoms with van der Waals surface area (Å²) in [5.74, 6) is -0.677. The van der Waals surface area contributed by atoms with Crippen LogP contribution >= 0.6 is 15.9 Å². The van der Waals surface area contributed by atoms with Crippen LogP contribution in [0.3, 0.4) is 0 Å². The standard InChI is InChI=1S/C17H14BrNO4S/c1-2-23-17(20)16-10-12-8-9-13(18)11-15(12)19(16)24(21,22)14-6-4-3-5-7-14/h3-11H,2H2,1H3. The molecule has 1 aromatic heterocycles. The smallest absolute Gasteiger partial charge is 0.356 e. The molecule has 0 aliphatic carbocycles. The second-order valence-electron chi connectivity index (χ2n) is 5.04. The Morgan fingerprint density at radius 1 is 1.12 bits per heavy atom. The first-order valence-electron chi connectivity index (χ1n) is 7.24. The third kappa shape index (κ3) is 2.85. The first kappa shape index (κ1) is 16.7. The Balaban J connectivity index is 2.34. The van der Waals surface area contributed by atoms with Crippen LogP contribution < -0.4 is 0 Å². The van der Waals surface area contributed by atoms with Gasteiger partial charge in [-0.2, -0.15) is 0 Å². The minimum atomic E-state index is -3.94. The molecule has 0 bridgehead atoms. The molecule has 1 heterocycles. The average Bonchev–Trinajstić information content (AvgIpc) is 2.95. The summed E-state index contributed by atoms with van der Waals surface area (Å²) in [5, 5.41) is 0.640. The fourth-order valence-corrected chi connectivity index (χ4v) is 4.32. The summed E-state index contributed by atoms with van der Waals surface area (Å²) >= 11 is 3.34. The van der Waals surface area contributed by atoms with Gasteiger partial charge in [0.25, 0.3) is 10.0 Å². The minimum Gasteiger partial charge on any atom is -0.461 e. The predicted octanol–water partition coefficient (Wildman–Crippen LogP) is 3.82. The number of benzene rings is 2. The van der Waals surface area contributed by atoms with E-state index in [9.17, 15) is 13.2 Å². The molecule has 124 valence electrons. The minimum absolute atomic E-state index is 0.0196. The zero-order chi connectivity index (χ0) is 17.3. The highest BCUT2D eigenvalue weighted by molar-refractivity contribution is 9.10. The molecule has 0 aliphatic heterocycles. The monoisotopic (exact) mass is 407 g/mol. The van der Waals surface area contributed by atoms with Gasteiger partial charge in [0, 0.05) is 9.86 Å².